The van der Waals surface area contributed by atoms with Crippen LogP contribution in [0, 0.1) is 5.92 Å². The van der Waals surface area contributed by atoms with Crippen molar-refractivity contribution in [3.63, 3.8) is 0 Å². The Hall–Kier alpha value is -1.83. The Morgan fingerprint density at radius 1 is 1.14 bits per heavy atom. The molecule has 0 heterocycles. The summed E-state index contributed by atoms with van der Waals surface area (Å²) in [6, 6.07) is 12.0. The smallest absolute Gasteiger partial charge is 0.167 e. The Bertz CT molecular complexity index is 639. The molecule has 0 unspecified atom stereocenters. The topological polar surface area (TPSA) is 26.3 Å². The van der Waals surface area contributed by atoms with Gasteiger partial charge in [0.1, 0.15) is 5.75 Å². The molecule has 2 aromatic rings. The molecule has 1 aliphatic rings. The van der Waals surface area contributed by atoms with Gasteiger partial charge >= 0.3 is 0 Å². The molecular weight excluding hydrogens is 260 g/mol. The van der Waals surface area contributed by atoms with Crippen LogP contribution in [-0.4, -0.2) is 12.9 Å². The van der Waals surface area contributed by atoms with E-state index >= 15 is 0 Å². The molecule has 21 heavy (non-hydrogen) atoms. The molecule has 1 saturated carbocycles. The number of carbonyl (C=O) groups excluding carboxylic acids is 1. The molecule has 110 valence electrons. The molecule has 1 fully saturated rings. The third-order valence-electron chi connectivity index (χ3n) is 4.64. The van der Waals surface area contributed by atoms with Gasteiger partial charge in [-0.15, -0.1) is 0 Å². The number of methoxy groups -OCH3 is 1. The summed E-state index contributed by atoms with van der Waals surface area (Å²) in [5, 5.41) is 2.11. The average molecular weight is 282 g/mol. The van der Waals surface area contributed by atoms with Crippen molar-refractivity contribution in [1.29, 1.82) is 0 Å². The molecule has 1 aliphatic carbocycles. The van der Waals surface area contributed by atoms with Crippen LogP contribution < -0.4 is 4.74 Å². The minimum absolute atomic E-state index is 0.218. The van der Waals surface area contributed by atoms with Crippen molar-refractivity contribution in [1.82, 2.24) is 0 Å². The summed E-state index contributed by atoms with van der Waals surface area (Å²) in [7, 11) is 1.64. The Balaban J connectivity index is 1.88. The lowest BCUT2D eigenvalue weighted by molar-refractivity contribution is 0.0972. The number of hydrogen-bond acceptors (Lipinski definition) is 2. The molecule has 0 atom stereocenters. The van der Waals surface area contributed by atoms with E-state index in [0.29, 0.717) is 12.2 Å². The third kappa shape index (κ3) is 2.94. The van der Waals surface area contributed by atoms with Crippen LogP contribution in [0.15, 0.2) is 36.4 Å². The Labute approximate surface area is 126 Å². The van der Waals surface area contributed by atoms with Crippen molar-refractivity contribution in [2.75, 3.05) is 7.11 Å². The maximum atomic E-state index is 12.7. The highest BCUT2D eigenvalue weighted by atomic mass is 16.5. The van der Waals surface area contributed by atoms with Gasteiger partial charge in [0, 0.05) is 6.42 Å². The quantitative estimate of drug-likeness (QED) is 0.721. The molecule has 0 amide bonds. The van der Waals surface area contributed by atoms with Crippen LogP contribution in [0.4, 0.5) is 0 Å². The number of ketones is 1. The van der Waals surface area contributed by atoms with Gasteiger partial charge in [-0.3, -0.25) is 4.79 Å². The predicted molar refractivity (Wildman–Crippen MR) is 86.0 cm³/mol. The van der Waals surface area contributed by atoms with Gasteiger partial charge in [0.05, 0.1) is 12.7 Å². The maximum absolute atomic E-state index is 12.7. The molecule has 0 saturated heterocycles. The number of rotatable bonds is 5. The number of hydrogen-bond donors (Lipinski definition) is 0. The summed E-state index contributed by atoms with van der Waals surface area (Å²) in [6.45, 7) is 0. The van der Waals surface area contributed by atoms with E-state index in [1.807, 2.05) is 36.4 Å². The van der Waals surface area contributed by atoms with Gasteiger partial charge in [-0.1, -0.05) is 56.0 Å². The summed E-state index contributed by atoms with van der Waals surface area (Å²) >= 11 is 0. The van der Waals surface area contributed by atoms with E-state index < -0.39 is 0 Å². The van der Waals surface area contributed by atoms with Crippen LogP contribution in [0.25, 0.3) is 10.8 Å². The molecule has 2 nitrogen and oxygen atoms in total. The second kappa shape index (κ2) is 6.30. The lowest BCUT2D eigenvalue weighted by Crippen LogP contribution is -2.06. The van der Waals surface area contributed by atoms with Gasteiger partial charge in [0.15, 0.2) is 5.78 Å². The third-order valence-corrected chi connectivity index (χ3v) is 4.64. The normalized spacial score (nSPS) is 15.5. The fourth-order valence-corrected chi connectivity index (χ4v) is 3.47. The standard InChI is InChI=1S/C19H22O2/c1-21-18-13-11-15-8-4-5-9-16(15)19(18)17(20)12-10-14-6-2-3-7-14/h4-5,8-9,11,13-14H,2-3,6-7,10,12H2,1H3. The lowest BCUT2D eigenvalue weighted by atomic mass is 9.94. The maximum Gasteiger partial charge on any atom is 0.167 e. The second-order valence-electron chi connectivity index (χ2n) is 5.98. The van der Waals surface area contributed by atoms with Crippen LogP contribution in [0.2, 0.25) is 0 Å². The fraction of sp³-hybridized carbons (Fsp3) is 0.421. The van der Waals surface area contributed by atoms with Crippen molar-refractivity contribution in [2.24, 2.45) is 5.92 Å². The predicted octanol–water partition coefficient (Wildman–Crippen LogP) is 5.00. The molecule has 3 rings (SSSR count). The van der Waals surface area contributed by atoms with Gasteiger partial charge in [-0.2, -0.15) is 0 Å². The van der Waals surface area contributed by atoms with Crippen molar-refractivity contribution in [3.05, 3.63) is 42.0 Å². The highest BCUT2D eigenvalue weighted by molar-refractivity contribution is 6.10. The summed E-state index contributed by atoms with van der Waals surface area (Å²) < 4.78 is 5.43. The summed E-state index contributed by atoms with van der Waals surface area (Å²) in [5.74, 6) is 1.66. The molecule has 0 bridgehead atoms. The Morgan fingerprint density at radius 2 is 1.90 bits per heavy atom. The molecule has 2 heteroatoms. The zero-order valence-corrected chi connectivity index (χ0v) is 12.6. The first-order chi connectivity index (χ1) is 10.3. The number of fused-ring (bicyclic) bond motifs is 1. The molecule has 0 aromatic heterocycles. The zero-order valence-electron chi connectivity index (χ0n) is 12.6. The van der Waals surface area contributed by atoms with Crippen molar-refractivity contribution in [2.45, 2.75) is 38.5 Å². The van der Waals surface area contributed by atoms with Crippen LogP contribution >= 0.6 is 0 Å². The van der Waals surface area contributed by atoms with E-state index in [-0.39, 0.29) is 5.78 Å². The number of Topliss-reactive ketones (excluding diaryl/α,β-unsaturated/α-hetero) is 1. The van der Waals surface area contributed by atoms with Crippen molar-refractivity contribution >= 4 is 16.6 Å². The van der Waals surface area contributed by atoms with Crippen LogP contribution in [0.5, 0.6) is 5.75 Å². The van der Waals surface area contributed by atoms with E-state index in [0.717, 1.165) is 28.7 Å². The highest BCUT2D eigenvalue weighted by Gasteiger charge is 2.20. The van der Waals surface area contributed by atoms with Gasteiger partial charge in [0.2, 0.25) is 0 Å². The number of carbonyl (C=O) groups is 1. The minimum Gasteiger partial charge on any atom is -0.496 e. The van der Waals surface area contributed by atoms with Crippen LogP contribution in [0.1, 0.15) is 48.9 Å². The van der Waals surface area contributed by atoms with E-state index in [1.54, 1.807) is 7.11 Å². The first kappa shape index (κ1) is 14.1. The average Bonchev–Trinajstić information content (AvgIpc) is 3.04. The second-order valence-corrected chi connectivity index (χ2v) is 5.98. The monoisotopic (exact) mass is 282 g/mol. The minimum atomic E-state index is 0.218. The molecule has 0 aliphatic heterocycles. The van der Waals surface area contributed by atoms with Gasteiger partial charge in [0.25, 0.3) is 0 Å². The zero-order chi connectivity index (χ0) is 14.7. The SMILES string of the molecule is COc1ccc2ccccc2c1C(=O)CCC1CCCC1. The first-order valence-corrected chi connectivity index (χ1v) is 7.88. The van der Waals surface area contributed by atoms with Gasteiger partial charge in [-0.05, 0) is 29.2 Å². The van der Waals surface area contributed by atoms with E-state index in [9.17, 15) is 4.79 Å². The van der Waals surface area contributed by atoms with E-state index in [4.69, 9.17) is 4.74 Å². The molecule has 0 radical (unpaired) electrons. The summed E-state index contributed by atoms with van der Waals surface area (Å²) in [4.78, 5) is 12.7. The van der Waals surface area contributed by atoms with Gasteiger partial charge in [-0.25, -0.2) is 0 Å². The van der Waals surface area contributed by atoms with E-state index in [1.165, 1.54) is 25.7 Å². The van der Waals surface area contributed by atoms with Crippen LogP contribution in [0.3, 0.4) is 0 Å². The van der Waals surface area contributed by atoms with Crippen molar-refractivity contribution < 1.29 is 9.53 Å². The first-order valence-electron chi connectivity index (χ1n) is 7.88. The lowest BCUT2D eigenvalue weighted by Gasteiger charge is -2.13. The van der Waals surface area contributed by atoms with E-state index in [2.05, 4.69) is 0 Å². The fourth-order valence-electron chi connectivity index (χ4n) is 3.47. The van der Waals surface area contributed by atoms with Crippen LogP contribution in [-0.2, 0) is 0 Å². The number of ether oxygens (including phenoxy) is 1. The largest absolute Gasteiger partial charge is 0.496 e. The summed E-state index contributed by atoms with van der Waals surface area (Å²) in [6.07, 6.45) is 6.90. The van der Waals surface area contributed by atoms with Gasteiger partial charge < -0.3 is 4.74 Å². The molecular formula is C19H22O2. The summed E-state index contributed by atoms with van der Waals surface area (Å²) in [5.41, 5.74) is 0.758. The Kier molecular flexibility index (Phi) is 4.23. The molecule has 0 N–H and O–H groups in total. The number of benzene rings is 2. The molecule has 0 spiro atoms. The Morgan fingerprint density at radius 3 is 2.67 bits per heavy atom. The van der Waals surface area contributed by atoms with Crippen molar-refractivity contribution in [3.8, 4) is 5.75 Å². The highest BCUT2D eigenvalue weighted by Crippen LogP contribution is 2.32. The molecule has 2 aromatic carbocycles.